The molecule has 0 radical (unpaired) electrons. The lowest BCUT2D eigenvalue weighted by Gasteiger charge is -2.22. The Morgan fingerprint density at radius 2 is 1.95 bits per heavy atom. The summed E-state index contributed by atoms with van der Waals surface area (Å²) in [6.45, 7) is 4.37. The number of nitrogens with one attached hydrogen (secondary N) is 1. The number of para-hydroxylation sites is 1. The predicted molar refractivity (Wildman–Crippen MR) is 91.2 cm³/mol. The number of anilines is 2. The molecule has 1 N–H and O–H groups in total. The molecule has 2 aromatic rings. The topological polar surface area (TPSA) is 41.6 Å². The number of halogens is 1. The van der Waals surface area contributed by atoms with Gasteiger partial charge in [0.1, 0.15) is 5.75 Å². The number of aryl methyl sites for hydroxylation is 1. The summed E-state index contributed by atoms with van der Waals surface area (Å²) in [7, 11) is 1.55. The molecule has 0 aliphatic heterocycles. The van der Waals surface area contributed by atoms with Crippen molar-refractivity contribution in [3.63, 3.8) is 0 Å². The van der Waals surface area contributed by atoms with Gasteiger partial charge in [0.05, 0.1) is 12.8 Å². The fourth-order valence-electron chi connectivity index (χ4n) is 2.16. The third kappa shape index (κ3) is 3.52. The number of ether oxygens (including phenoxy) is 1. The minimum Gasteiger partial charge on any atom is -0.495 e. The zero-order valence-corrected chi connectivity index (χ0v) is 13.6. The molecule has 0 saturated carbocycles. The molecular weight excluding hydrogens is 300 g/mol. The number of nitrogens with zero attached hydrogens (tertiary/aromatic N) is 1. The fraction of sp³-hybridized carbons (Fsp3) is 0.235. The van der Waals surface area contributed by atoms with Crippen molar-refractivity contribution in [1.29, 1.82) is 0 Å². The molecule has 0 heterocycles. The van der Waals surface area contributed by atoms with Gasteiger partial charge in [-0.1, -0.05) is 29.8 Å². The molecule has 0 saturated heterocycles. The number of carbonyl (C=O) groups excluding carboxylic acids is 1. The van der Waals surface area contributed by atoms with Gasteiger partial charge in [-0.15, -0.1) is 0 Å². The van der Waals surface area contributed by atoms with Gasteiger partial charge < -0.3 is 10.1 Å². The van der Waals surface area contributed by atoms with Gasteiger partial charge in [0.25, 0.3) is 0 Å². The summed E-state index contributed by atoms with van der Waals surface area (Å²) in [6, 6.07) is 12.8. The highest BCUT2D eigenvalue weighted by atomic mass is 35.5. The normalized spacial score (nSPS) is 10.2. The van der Waals surface area contributed by atoms with Crippen LogP contribution in [0.5, 0.6) is 5.75 Å². The first kappa shape index (κ1) is 16.2. The molecule has 0 spiro atoms. The van der Waals surface area contributed by atoms with Crippen molar-refractivity contribution in [3.8, 4) is 5.75 Å². The second-order valence-electron chi connectivity index (χ2n) is 4.81. The quantitative estimate of drug-likeness (QED) is 0.886. The average Bonchev–Trinajstić information content (AvgIpc) is 2.52. The largest absolute Gasteiger partial charge is 0.495 e. The third-order valence-electron chi connectivity index (χ3n) is 3.35. The Morgan fingerprint density at radius 3 is 2.55 bits per heavy atom. The Balaban J connectivity index is 2.26. The summed E-state index contributed by atoms with van der Waals surface area (Å²) in [6.07, 6.45) is 0. The molecule has 2 aromatic carbocycles. The van der Waals surface area contributed by atoms with Gasteiger partial charge in [-0.05, 0) is 37.6 Å². The Labute approximate surface area is 135 Å². The lowest BCUT2D eigenvalue weighted by Crippen LogP contribution is -2.34. The first-order valence-corrected chi connectivity index (χ1v) is 7.42. The SMILES string of the molecule is CCN(C(=O)Nc1cc(C)c(Cl)cc1OC)c1ccccc1. The smallest absolute Gasteiger partial charge is 0.326 e. The second kappa shape index (κ2) is 7.18. The van der Waals surface area contributed by atoms with E-state index < -0.39 is 0 Å². The number of benzene rings is 2. The third-order valence-corrected chi connectivity index (χ3v) is 3.76. The van der Waals surface area contributed by atoms with Gasteiger partial charge in [0.15, 0.2) is 0 Å². The van der Waals surface area contributed by atoms with E-state index in [9.17, 15) is 4.79 Å². The van der Waals surface area contributed by atoms with Gasteiger partial charge in [0.2, 0.25) is 0 Å². The minimum atomic E-state index is -0.214. The Hall–Kier alpha value is -2.20. The molecule has 0 aromatic heterocycles. The van der Waals surface area contributed by atoms with Crippen LogP contribution in [-0.4, -0.2) is 19.7 Å². The zero-order chi connectivity index (χ0) is 16.1. The number of urea groups is 1. The monoisotopic (exact) mass is 318 g/mol. The summed E-state index contributed by atoms with van der Waals surface area (Å²) in [4.78, 5) is 14.2. The number of hydrogen-bond acceptors (Lipinski definition) is 2. The molecule has 2 rings (SSSR count). The van der Waals surface area contributed by atoms with Crippen LogP contribution in [0, 0.1) is 6.92 Å². The summed E-state index contributed by atoms with van der Waals surface area (Å²) in [5.74, 6) is 0.535. The number of methoxy groups -OCH3 is 1. The van der Waals surface area contributed by atoms with E-state index >= 15 is 0 Å². The number of amides is 2. The van der Waals surface area contributed by atoms with Crippen molar-refractivity contribution < 1.29 is 9.53 Å². The first-order chi connectivity index (χ1) is 10.6. The molecule has 0 aliphatic carbocycles. The Kier molecular flexibility index (Phi) is 5.28. The summed E-state index contributed by atoms with van der Waals surface area (Å²) in [5, 5.41) is 3.48. The van der Waals surface area contributed by atoms with Gasteiger partial charge >= 0.3 is 6.03 Å². The maximum Gasteiger partial charge on any atom is 0.326 e. The predicted octanol–water partition coefficient (Wildman–Crippen LogP) is 4.72. The van der Waals surface area contributed by atoms with Crippen LogP contribution in [-0.2, 0) is 0 Å². The molecular formula is C17H19ClN2O2. The van der Waals surface area contributed by atoms with E-state index in [1.807, 2.05) is 44.2 Å². The first-order valence-electron chi connectivity index (χ1n) is 7.04. The van der Waals surface area contributed by atoms with Crippen LogP contribution in [0.25, 0.3) is 0 Å². The Bertz CT molecular complexity index is 659. The standard InChI is InChI=1S/C17H19ClN2O2/c1-4-20(13-8-6-5-7-9-13)17(21)19-15-10-12(2)14(18)11-16(15)22-3/h5-11H,4H2,1-3H3,(H,19,21). The van der Waals surface area contributed by atoms with E-state index in [4.69, 9.17) is 16.3 Å². The lowest BCUT2D eigenvalue weighted by atomic mass is 10.2. The van der Waals surface area contributed by atoms with E-state index in [0.717, 1.165) is 11.3 Å². The summed E-state index contributed by atoms with van der Waals surface area (Å²) >= 11 is 6.08. The molecule has 5 heteroatoms. The van der Waals surface area contributed by atoms with Crippen molar-refractivity contribution in [1.82, 2.24) is 0 Å². The van der Waals surface area contributed by atoms with Crippen LogP contribution in [0.2, 0.25) is 5.02 Å². The highest BCUT2D eigenvalue weighted by Gasteiger charge is 2.16. The summed E-state index contributed by atoms with van der Waals surface area (Å²) < 4.78 is 5.28. The van der Waals surface area contributed by atoms with E-state index in [2.05, 4.69) is 5.32 Å². The lowest BCUT2D eigenvalue weighted by molar-refractivity contribution is 0.257. The molecule has 0 bridgehead atoms. The molecule has 0 unspecified atom stereocenters. The molecule has 0 fully saturated rings. The van der Waals surface area contributed by atoms with Crippen LogP contribution in [0.1, 0.15) is 12.5 Å². The van der Waals surface area contributed by atoms with Crippen LogP contribution in [0.15, 0.2) is 42.5 Å². The van der Waals surface area contributed by atoms with Crippen LogP contribution < -0.4 is 15.0 Å². The second-order valence-corrected chi connectivity index (χ2v) is 5.22. The zero-order valence-electron chi connectivity index (χ0n) is 12.9. The highest BCUT2D eigenvalue weighted by Crippen LogP contribution is 2.31. The van der Waals surface area contributed by atoms with Crippen LogP contribution in [0.4, 0.5) is 16.2 Å². The van der Waals surface area contributed by atoms with Gasteiger partial charge in [0, 0.05) is 23.3 Å². The van der Waals surface area contributed by atoms with Crippen LogP contribution in [0.3, 0.4) is 0 Å². The molecule has 2 amide bonds. The van der Waals surface area contributed by atoms with E-state index in [0.29, 0.717) is 23.0 Å². The molecule has 116 valence electrons. The fourth-order valence-corrected chi connectivity index (χ4v) is 2.32. The van der Waals surface area contributed by atoms with Gasteiger partial charge in [-0.25, -0.2) is 4.79 Å². The van der Waals surface area contributed by atoms with Crippen LogP contribution >= 0.6 is 11.6 Å². The number of carbonyl (C=O) groups is 1. The van der Waals surface area contributed by atoms with Crippen molar-refractivity contribution in [2.24, 2.45) is 0 Å². The van der Waals surface area contributed by atoms with Gasteiger partial charge in [-0.2, -0.15) is 0 Å². The molecule has 0 aliphatic rings. The van der Waals surface area contributed by atoms with Crippen molar-refractivity contribution in [2.75, 3.05) is 23.9 Å². The van der Waals surface area contributed by atoms with E-state index in [1.54, 1.807) is 24.1 Å². The van der Waals surface area contributed by atoms with Crippen molar-refractivity contribution in [2.45, 2.75) is 13.8 Å². The number of rotatable bonds is 4. The van der Waals surface area contributed by atoms with E-state index in [-0.39, 0.29) is 6.03 Å². The Morgan fingerprint density at radius 1 is 1.27 bits per heavy atom. The van der Waals surface area contributed by atoms with Crippen molar-refractivity contribution >= 4 is 29.0 Å². The molecule has 22 heavy (non-hydrogen) atoms. The van der Waals surface area contributed by atoms with E-state index in [1.165, 1.54) is 0 Å². The van der Waals surface area contributed by atoms with Crippen molar-refractivity contribution in [3.05, 3.63) is 53.1 Å². The maximum atomic E-state index is 12.5. The summed E-state index contributed by atoms with van der Waals surface area (Å²) in [5.41, 5.74) is 2.32. The molecule has 4 nitrogen and oxygen atoms in total. The number of hydrogen-bond donors (Lipinski definition) is 1. The minimum absolute atomic E-state index is 0.214. The molecule has 0 atom stereocenters. The van der Waals surface area contributed by atoms with Gasteiger partial charge in [-0.3, -0.25) is 4.90 Å². The highest BCUT2D eigenvalue weighted by molar-refractivity contribution is 6.31. The average molecular weight is 319 g/mol. The maximum absolute atomic E-state index is 12.5.